The molecule has 0 fully saturated rings. The van der Waals surface area contributed by atoms with E-state index in [2.05, 4.69) is 47.7 Å². The lowest BCUT2D eigenvalue weighted by Gasteiger charge is -2.17. The predicted octanol–water partition coefficient (Wildman–Crippen LogP) is 3.09. The van der Waals surface area contributed by atoms with E-state index in [1.807, 2.05) is 35.0 Å². The van der Waals surface area contributed by atoms with Crippen molar-refractivity contribution in [3.05, 3.63) is 54.1 Å². The highest BCUT2D eigenvalue weighted by Crippen LogP contribution is 2.23. The second-order valence-corrected chi connectivity index (χ2v) is 4.83. The van der Waals surface area contributed by atoms with Gasteiger partial charge in [0, 0.05) is 6.04 Å². The van der Waals surface area contributed by atoms with Crippen LogP contribution in [0.5, 0.6) is 0 Å². The summed E-state index contributed by atoms with van der Waals surface area (Å²) in [5, 5.41) is 12.0. The van der Waals surface area contributed by atoms with E-state index in [9.17, 15) is 0 Å². The van der Waals surface area contributed by atoms with Gasteiger partial charge in [0.1, 0.15) is 5.52 Å². The molecule has 1 atom stereocenters. The second kappa shape index (κ2) is 5.43. The molecule has 0 aliphatic carbocycles. The van der Waals surface area contributed by atoms with E-state index in [-0.39, 0.29) is 6.04 Å². The second-order valence-electron chi connectivity index (χ2n) is 4.83. The van der Waals surface area contributed by atoms with Crippen LogP contribution < -0.4 is 5.32 Å². The summed E-state index contributed by atoms with van der Waals surface area (Å²) in [6.07, 6.45) is 0. The quantitative estimate of drug-likeness (QED) is 0.789. The Kier molecular flexibility index (Phi) is 3.48. The van der Waals surface area contributed by atoms with Crippen molar-refractivity contribution in [2.24, 2.45) is 0 Å². The van der Waals surface area contributed by atoms with Crippen molar-refractivity contribution >= 4 is 11.0 Å². The number of hydrogen-bond donors (Lipinski definition) is 1. The van der Waals surface area contributed by atoms with E-state index < -0.39 is 0 Å². The third-order valence-corrected chi connectivity index (χ3v) is 3.49. The summed E-state index contributed by atoms with van der Waals surface area (Å²) in [6, 6.07) is 16.6. The topological polar surface area (TPSA) is 42.7 Å². The Hall–Kier alpha value is -2.20. The molecule has 0 aliphatic heterocycles. The van der Waals surface area contributed by atoms with Crippen molar-refractivity contribution < 1.29 is 0 Å². The van der Waals surface area contributed by atoms with Crippen LogP contribution in [-0.4, -0.2) is 21.5 Å². The third-order valence-electron chi connectivity index (χ3n) is 3.49. The summed E-state index contributed by atoms with van der Waals surface area (Å²) < 4.78 is 1.92. The van der Waals surface area contributed by atoms with Crippen LogP contribution in [0, 0.1) is 0 Å². The largest absolute Gasteiger partial charge is 0.310 e. The summed E-state index contributed by atoms with van der Waals surface area (Å²) in [5.74, 6) is 0. The SMILES string of the molecule is CCNC(C)c1ccccc1-n1nnc2ccccc21. The molecular formula is C16H18N4. The van der Waals surface area contributed by atoms with Gasteiger partial charge in [0.15, 0.2) is 0 Å². The number of benzene rings is 2. The van der Waals surface area contributed by atoms with Crippen LogP contribution in [0.2, 0.25) is 0 Å². The van der Waals surface area contributed by atoms with Crippen molar-refractivity contribution in [1.82, 2.24) is 20.3 Å². The molecule has 0 amide bonds. The van der Waals surface area contributed by atoms with Gasteiger partial charge >= 0.3 is 0 Å². The van der Waals surface area contributed by atoms with Gasteiger partial charge in [-0.25, -0.2) is 4.68 Å². The Morgan fingerprint density at radius 3 is 2.70 bits per heavy atom. The summed E-state index contributed by atoms with van der Waals surface area (Å²) in [5.41, 5.74) is 4.25. The third kappa shape index (κ3) is 2.18. The molecule has 0 bridgehead atoms. The number of nitrogens with one attached hydrogen (secondary N) is 1. The lowest BCUT2D eigenvalue weighted by atomic mass is 10.1. The first-order chi connectivity index (χ1) is 9.81. The van der Waals surface area contributed by atoms with Crippen molar-refractivity contribution in [1.29, 1.82) is 0 Å². The highest BCUT2D eigenvalue weighted by Gasteiger charge is 2.13. The first-order valence-electron chi connectivity index (χ1n) is 6.94. The zero-order valence-corrected chi connectivity index (χ0v) is 11.7. The molecule has 0 radical (unpaired) electrons. The number of para-hydroxylation sites is 2. The van der Waals surface area contributed by atoms with Gasteiger partial charge in [0.25, 0.3) is 0 Å². The minimum Gasteiger partial charge on any atom is -0.310 e. The van der Waals surface area contributed by atoms with E-state index >= 15 is 0 Å². The molecule has 1 heterocycles. The lowest BCUT2D eigenvalue weighted by Crippen LogP contribution is -2.19. The Balaban J connectivity index is 2.15. The number of nitrogens with zero attached hydrogens (tertiary/aromatic N) is 3. The highest BCUT2D eigenvalue weighted by atomic mass is 15.4. The molecule has 0 saturated carbocycles. The Bertz CT molecular complexity index is 717. The normalized spacial score (nSPS) is 12.7. The molecule has 1 N–H and O–H groups in total. The van der Waals surface area contributed by atoms with Crippen molar-refractivity contribution in [2.75, 3.05) is 6.54 Å². The van der Waals surface area contributed by atoms with Gasteiger partial charge in [-0.3, -0.25) is 0 Å². The van der Waals surface area contributed by atoms with Crippen LogP contribution in [0.1, 0.15) is 25.5 Å². The van der Waals surface area contributed by atoms with Crippen LogP contribution in [0.25, 0.3) is 16.7 Å². The number of rotatable bonds is 4. The summed E-state index contributed by atoms with van der Waals surface area (Å²) in [4.78, 5) is 0. The molecule has 0 aliphatic rings. The summed E-state index contributed by atoms with van der Waals surface area (Å²) in [7, 11) is 0. The van der Waals surface area contributed by atoms with Gasteiger partial charge in [-0.2, -0.15) is 0 Å². The monoisotopic (exact) mass is 266 g/mol. The standard InChI is InChI=1S/C16H18N4/c1-3-17-12(2)13-8-4-6-10-15(13)20-16-11-7-5-9-14(16)18-19-20/h4-12,17H,3H2,1-2H3. The Morgan fingerprint density at radius 1 is 1.10 bits per heavy atom. The average molecular weight is 266 g/mol. The first kappa shape index (κ1) is 12.8. The van der Waals surface area contributed by atoms with Gasteiger partial charge in [-0.1, -0.05) is 42.5 Å². The number of hydrogen-bond acceptors (Lipinski definition) is 3. The maximum Gasteiger partial charge on any atom is 0.113 e. The first-order valence-corrected chi connectivity index (χ1v) is 6.94. The summed E-state index contributed by atoms with van der Waals surface area (Å²) >= 11 is 0. The maximum absolute atomic E-state index is 4.31. The van der Waals surface area contributed by atoms with Crippen molar-refractivity contribution in [3.8, 4) is 5.69 Å². The van der Waals surface area contributed by atoms with Gasteiger partial charge in [-0.05, 0) is 37.2 Å². The van der Waals surface area contributed by atoms with Crippen molar-refractivity contribution in [3.63, 3.8) is 0 Å². The zero-order chi connectivity index (χ0) is 13.9. The van der Waals surface area contributed by atoms with Crippen LogP contribution in [0.15, 0.2) is 48.5 Å². The van der Waals surface area contributed by atoms with Crippen LogP contribution in [-0.2, 0) is 0 Å². The predicted molar refractivity (Wildman–Crippen MR) is 81.0 cm³/mol. The van der Waals surface area contributed by atoms with Gasteiger partial charge in [-0.15, -0.1) is 5.10 Å². The van der Waals surface area contributed by atoms with E-state index in [0.29, 0.717) is 0 Å². The fraction of sp³-hybridized carbons (Fsp3) is 0.250. The summed E-state index contributed by atoms with van der Waals surface area (Å²) in [6.45, 7) is 5.22. The lowest BCUT2D eigenvalue weighted by molar-refractivity contribution is 0.593. The molecule has 3 rings (SSSR count). The fourth-order valence-corrected chi connectivity index (χ4v) is 2.51. The molecule has 4 heteroatoms. The Labute approximate surface area is 118 Å². The molecule has 4 nitrogen and oxygen atoms in total. The molecular weight excluding hydrogens is 248 g/mol. The van der Waals surface area contributed by atoms with E-state index in [0.717, 1.165) is 23.3 Å². The zero-order valence-electron chi connectivity index (χ0n) is 11.7. The smallest absolute Gasteiger partial charge is 0.113 e. The molecule has 1 aromatic heterocycles. The highest BCUT2D eigenvalue weighted by molar-refractivity contribution is 5.76. The molecule has 0 saturated heterocycles. The molecule has 0 spiro atoms. The molecule has 1 unspecified atom stereocenters. The molecule has 2 aromatic carbocycles. The number of fused-ring (bicyclic) bond motifs is 1. The van der Waals surface area contributed by atoms with Gasteiger partial charge in [0.05, 0.1) is 11.2 Å². The fourth-order valence-electron chi connectivity index (χ4n) is 2.51. The molecule has 102 valence electrons. The minimum atomic E-state index is 0.277. The Morgan fingerprint density at radius 2 is 1.85 bits per heavy atom. The number of aromatic nitrogens is 3. The van der Waals surface area contributed by atoms with E-state index in [4.69, 9.17) is 0 Å². The van der Waals surface area contributed by atoms with E-state index in [1.165, 1.54) is 5.56 Å². The maximum atomic E-state index is 4.31. The van der Waals surface area contributed by atoms with Gasteiger partial charge in [0.2, 0.25) is 0 Å². The molecule has 3 aromatic rings. The van der Waals surface area contributed by atoms with Crippen LogP contribution in [0.3, 0.4) is 0 Å². The van der Waals surface area contributed by atoms with Crippen molar-refractivity contribution in [2.45, 2.75) is 19.9 Å². The van der Waals surface area contributed by atoms with Crippen LogP contribution in [0.4, 0.5) is 0 Å². The minimum absolute atomic E-state index is 0.277. The molecule has 20 heavy (non-hydrogen) atoms. The van der Waals surface area contributed by atoms with Gasteiger partial charge < -0.3 is 5.32 Å². The average Bonchev–Trinajstić information content (AvgIpc) is 2.91. The van der Waals surface area contributed by atoms with E-state index in [1.54, 1.807) is 0 Å². The van der Waals surface area contributed by atoms with Crippen LogP contribution >= 0.6 is 0 Å².